The average Bonchev–Trinajstić information content (AvgIpc) is 2.22. The van der Waals surface area contributed by atoms with Crippen LogP contribution in [0, 0.1) is 0 Å². The Morgan fingerprint density at radius 3 is 1.83 bits per heavy atom. The van der Waals surface area contributed by atoms with E-state index in [1.807, 2.05) is 0 Å². The molecule has 0 aromatic heterocycles. The van der Waals surface area contributed by atoms with Crippen LogP contribution in [0.3, 0.4) is 0 Å². The predicted molar refractivity (Wildman–Crippen MR) is 50.8 cm³/mol. The lowest BCUT2D eigenvalue weighted by Crippen LogP contribution is -2.52. The molecule has 0 aromatic carbocycles. The minimum absolute atomic E-state index is 0.134. The highest BCUT2D eigenvalue weighted by Gasteiger charge is 2.73. The van der Waals surface area contributed by atoms with Crippen LogP contribution in [0.5, 0.6) is 0 Å². The van der Waals surface area contributed by atoms with Gasteiger partial charge in [0.2, 0.25) is 0 Å². The summed E-state index contributed by atoms with van der Waals surface area (Å²) in [5.74, 6) is -11.4. The summed E-state index contributed by atoms with van der Waals surface area (Å²) < 4.78 is 92.2. The molecule has 0 fully saturated rings. The van der Waals surface area contributed by atoms with Crippen LogP contribution < -0.4 is 0 Å². The molecule has 0 amide bonds. The van der Waals surface area contributed by atoms with Gasteiger partial charge in [0, 0.05) is 12.2 Å². The molecule has 0 aliphatic heterocycles. The van der Waals surface area contributed by atoms with Gasteiger partial charge in [0.15, 0.2) is 0 Å². The fourth-order valence-corrected chi connectivity index (χ4v) is 1.15. The second-order valence-electron chi connectivity index (χ2n) is 3.39. The monoisotopic (exact) mass is 282 g/mol. The van der Waals surface area contributed by atoms with E-state index in [1.165, 1.54) is 6.92 Å². The summed E-state index contributed by atoms with van der Waals surface area (Å²) in [7, 11) is 0. The molecule has 0 unspecified atom stereocenters. The van der Waals surface area contributed by atoms with E-state index in [9.17, 15) is 30.7 Å². The zero-order chi connectivity index (χ0) is 14.6. The molecule has 0 atom stereocenters. The molecule has 18 heavy (non-hydrogen) atoms. The molecule has 108 valence electrons. The molecule has 0 aromatic rings. The molecular weight excluding hydrogens is 269 g/mol. The second kappa shape index (κ2) is 5.90. The number of rotatable bonds is 6. The van der Waals surface area contributed by atoms with Gasteiger partial charge in [-0.3, -0.25) is 0 Å². The van der Waals surface area contributed by atoms with Crippen LogP contribution in [0.25, 0.3) is 0 Å². The number of ether oxygens (including phenoxy) is 1. The van der Waals surface area contributed by atoms with E-state index in [4.69, 9.17) is 0 Å². The highest BCUT2D eigenvalue weighted by molar-refractivity contribution is 5.19. The molecule has 0 radical (unpaired) electrons. The molecule has 0 rings (SSSR count). The van der Waals surface area contributed by atoms with Crippen LogP contribution >= 0.6 is 0 Å². The van der Waals surface area contributed by atoms with Crippen LogP contribution in [0.15, 0.2) is 11.6 Å². The van der Waals surface area contributed by atoms with Gasteiger partial charge in [0.25, 0.3) is 0 Å². The molecule has 0 N–H and O–H groups in total. The topological polar surface area (TPSA) is 9.23 Å². The highest BCUT2D eigenvalue weighted by atomic mass is 19.4. The summed E-state index contributed by atoms with van der Waals surface area (Å²) in [5.41, 5.74) is -1.29. The van der Waals surface area contributed by atoms with Crippen molar-refractivity contribution in [1.82, 2.24) is 0 Å². The summed E-state index contributed by atoms with van der Waals surface area (Å²) >= 11 is 0. The highest BCUT2D eigenvalue weighted by Crippen LogP contribution is 2.50. The molecule has 0 saturated heterocycles. The molecule has 0 saturated carbocycles. The molecule has 0 heterocycles. The van der Waals surface area contributed by atoms with Crippen LogP contribution in [-0.4, -0.2) is 31.2 Å². The first kappa shape index (κ1) is 17.2. The third kappa shape index (κ3) is 3.37. The Hall–Kier alpha value is -0.790. The molecule has 8 heteroatoms. The van der Waals surface area contributed by atoms with E-state index in [0.29, 0.717) is 6.08 Å². The lowest BCUT2D eigenvalue weighted by molar-refractivity contribution is -0.344. The lowest BCUT2D eigenvalue weighted by atomic mass is 9.99. The van der Waals surface area contributed by atoms with Gasteiger partial charge < -0.3 is 4.74 Å². The van der Waals surface area contributed by atoms with Gasteiger partial charge in [-0.1, -0.05) is 13.0 Å². The Kier molecular flexibility index (Phi) is 5.64. The van der Waals surface area contributed by atoms with E-state index in [-0.39, 0.29) is 6.61 Å². The number of hydrogen-bond acceptors (Lipinski definition) is 1. The van der Waals surface area contributed by atoms with Crippen molar-refractivity contribution in [3.05, 3.63) is 11.6 Å². The Balaban J connectivity index is 5.26. The Morgan fingerprint density at radius 2 is 1.50 bits per heavy atom. The first-order valence-corrected chi connectivity index (χ1v) is 5.11. The summed E-state index contributed by atoms with van der Waals surface area (Å²) in [4.78, 5) is 0. The smallest absolute Gasteiger partial charge is 0.378 e. The van der Waals surface area contributed by atoms with Crippen LogP contribution in [-0.2, 0) is 4.74 Å². The predicted octanol–water partition coefficient (Wildman–Crippen LogP) is 4.19. The van der Waals surface area contributed by atoms with Gasteiger partial charge in [0.1, 0.15) is 0 Å². The molecule has 1 nitrogen and oxygen atoms in total. The summed E-state index contributed by atoms with van der Waals surface area (Å²) in [6.45, 7) is 2.29. The minimum atomic E-state index is -6.31. The van der Waals surface area contributed by atoms with E-state index < -0.39 is 36.6 Å². The Labute approximate surface area is 99.6 Å². The Bertz CT molecular complexity index is 293. The summed E-state index contributed by atoms with van der Waals surface area (Å²) in [6.07, 6.45) is -6.38. The van der Waals surface area contributed by atoms with Crippen molar-refractivity contribution in [1.29, 1.82) is 0 Å². The maximum absolute atomic E-state index is 13.2. The third-order valence-corrected chi connectivity index (χ3v) is 2.19. The van der Waals surface area contributed by atoms with E-state index >= 15 is 0 Å². The zero-order valence-corrected chi connectivity index (χ0v) is 9.75. The van der Waals surface area contributed by atoms with Crippen molar-refractivity contribution in [3.8, 4) is 0 Å². The van der Waals surface area contributed by atoms with Gasteiger partial charge in [-0.15, -0.1) is 0 Å². The lowest BCUT2D eigenvalue weighted by Gasteiger charge is -2.29. The molecule has 0 spiro atoms. The van der Waals surface area contributed by atoms with Crippen LogP contribution in [0.4, 0.5) is 30.7 Å². The van der Waals surface area contributed by atoms with Crippen LogP contribution in [0.1, 0.15) is 20.3 Å². The normalized spacial score (nSPS) is 15.1. The fourth-order valence-electron chi connectivity index (χ4n) is 1.15. The molecule has 0 aliphatic rings. The number of halogens is 7. The van der Waals surface area contributed by atoms with E-state index in [1.54, 1.807) is 0 Å². The van der Waals surface area contributed by atoms with E-state index in [0.717, 1.165) is 6.92 Å². The average molecular weight is 282 g/mol. The van der Waals surface area contributed by atoms with Crippen molar-refractivity contribution >= 4 is 0 Å². The van der Waals surface area contributed by atoms with Gasteiger partial charge in [-0.05, 0) is 13.3 Å². The largest absolute Gasteiger partial charge is 0.460 e. The summed E-state index contributed by atoms with van der Waals surface area (Å²) in [6, 6.07) is 0. The first-order valence-electron chi connectivity index (χ1n) is 5.11. The maximum Gasteiger partial charge on any atom is 0.460 e. The number of allylic oxidation sites excluding steroid dienone is 1. The third-order valence-electron chi connectivity index (χ3n) is 2.19. The van der Waals surface area contributed by atoms with Gasteiger partial charge in [-0.2, -0.15) is 30.7 Å². The van der Waals surface area contributed by atoms with Crippen molar-refractivity contribution in [2.24, 2.45) is 0 Å². The van der Waals surface area contributed by atoms with Crippen LogP contribution in [0.2, 0.25) is 0 Å². The van der Waals surface area contributed by atoms with Crippen molar-refractivity contribution < 1.29 is 35.5 Å². The molecular formula is C10H13F7O. The van der Waals surface area contributed by atoms with Crippen molar-refractivity contribution in [2.45, 2.75) is 38.3 Å². The second-order valence-corrected chi connectivity index (χ2v) is 3.39. The zero-order valence-electron chi connectivity index (χ0n) is 9.75. The van der Waals surface area contributed by atoms with Gasteiger partial charge >= 0.3 is 18.0 Å². The minimum Gasteiger partial charge on any atom is -0.378 e. The quantitative estimate of drug-likeness (QED) is 0.403. The van der Waals surface area contributed by atoms with Crippen molar-refractivity contribution in [3.63, 3.8) is 0 Å². The standard InChI is InChI=1S/C10H13F7O/c1-3-7(5-6-18-4-2)8(11,12)9(13,14)10(15,16)17/h5H,3-4,6H2,1-2H3. The SMILES string of the molecule is CCOCC=C(CC)C(F)(F)C(F)(F)C(F)(F)F. The van der Waals surface area contributed by atoms with Gasteiger partial charge in [-0.25, -0.2) is 0 Å². The fraction of sp³-hybridized carbons (Fsp3) is 0.800. The van der Waals surface area contributed by atoms with Crippen molar-refractivity contribution in [2.75, 3.05) is 13.2 Å². The van der Waals surface area contributed by atoms with Gasteiger partial charge in [0.05, 0.1) is 6.61 Å². The molecule has 0 bridgehead atoms. The summed E-state index contributed by atoms with van der Waals surface area (Å²) in [5, 5.41) is 0. The number of alkyl halides is 7. The van der Waals surface area contributed by atoms with E-state index in [2.05, 4.69) is 4.74 Å². The first-order chi connectivity index (χ1) is 8.02. The maximum atomic E-state index is 13.2. The Morgan fingerprint density at radius 1 is 1.00 bits per heavy atom. The molecule has 0 aliphatic carbocycles. The number of hydrogen-bond donors (Lipinski definition) is 0.